The van der Waals surface area contributed by atoms with Gasteiger partial charge in [0.2, 0.25) is 0 Å². The third kappa shape index (κ3) is 2.82. The highest BCUT2D eigenvalue weighted by molar-refractivity contribution is 5.97. The lowest BCUT2D eigenvalue weighted by Crippen LogP contribution is -2.05. The van der Waals surface area contributed by atoms with Gasteiger partial charge in [-0.1, -0.05) is 30.3 Å². The molecule has 2 heterocycles. The van der Waals surface area contributed by atoms with Crippen molar-refractivity contribution in [2.75, 3.05) is 7.11 Å². The summed E-state index contributed by atoms with van der Waals surface area (Å²) in [5.74, 6) is -0.426. The number of rotatable bonds is 3. The van der Waals surface area contributed by atoms with Crippen LogP contribution in [0.1, 0.15) is 10.4 Å². The van der Waals surface area contributed by atoms with Gasteiger partial charge in [0.25, 0.3) is 0 Å². The Labute approximate surface area is 148 Å². The largest absolute Gasteiger partial charge is 0.465 e. The van der Waals surface area contributed by atoms with Gasteiger partial charge < -0.3 is 4.74 Å². The highest BCUT2D eigenvalue weighted by Gasteiger charge is 2.18. The summed E-state index contributed by atoms with van der Waals surface area (Å²) in [6.07, 6.45) is 1.80. The SMILES string of the molecule is COC(=O)c1cc(-c2ccccc2)cn2nc(-c3ccc(F)cc3)nc12. The normalized spacial score (nSPS) is 10.8. The number of hydrogen-bond acceptors (Lipinski definition) is 4. The van der Waals surface area contributed by atoms with Gasteiger partial charge in [0.15, 0.2) is 11.5 Å². The van der Waals surface area contributed by atoms with Crippen molar-refractivity contribution >= 4 is 11.6 Å². The number of esters is 1. The molecule has 26 heavy (non-hydrogen) atoms. The van der Waals surface area contributed by atoms with Crippen molar-refractivity contribution in [1.82, 2.24) is 14.6 Å². The highest BCUT2D eigenvalue weighted by Crippen LogP contribution is 2.25. The standard InChI is InChI=1S/C20H14FN3O2/c1-26-20(25)17-11-15(13-5-3-2-4-6-13)12-24-19(17)22-18(23-24)14-7-9-16(21)10-8-14/h2-12H,1H3. The van der Waals surface area contributed by atoms with Crippen LogP contribution in [-0.2, 0) is 4.74 Å². The number of carbonyl (C=O) groups excluding carboxylic acids is 1. The fourth-order valence-corrected chi connectivity index (χ4v) is 2.76. The van der Waals surface area contributed by atoms with Crippen LogP contribution < -0.4 is 0 Å². The van der Waals surface area contributed by atoms with E-state index in [0.717, 1.165) is 11.1 Å². The minimum Gasteiger partial charge on any atom is -0.465 e. The van der Waals surface area contributed by atoms with Gasteiger partial charge in [-0.3, -0.25) is 0 Å². The quantitative estimate of drug-likeness (QED) is 0.526. The van der Waals surface area contributed by atoms with Crippen LogP contribution in [0.4, 0.5) is 4.39 Å². The maximum absolute atomic E-state index is 13.2. The summed E-state index contributed by atoms with van der Waals surface area (Å²) in [7, 11) is 1.32. The van der Waals surface area contributed by atoms with Crippen molar-refractivity contribution < 1.29 is 13.9 Å². The number of halogens is 1. The number of benzene rings is 2. The van der Waals surface area contributed by atoms with Crippen molar-refractivity contribution in [2.24, 2.45) is 0 Å². The van der Waals surface area contributed by atoms with Crippen LogP contribution in [0.2, 0.25) is 0 Å². The molecule has 2 aromatic heterocycles. The summed E-state index contributed by atoms with van der Waals surface area (Å²) in [5, 5.41) is 4.45. The van der Waals surface area contributed by atoms with E-state index in [-0.39, 0.29) is 5.82 Å². The lowest BCUT2D eigenvalue weighted by molar-refractivity contribution is 0.0602. The molecule has 0 saturated heterocycles. The predicted octanol–water partition coefficient (Wildman–Crippen LogP) is 3.99. The average Bonchev–Trinajstić information content (AvgIpc) is 3.12. The molecule has 0 aliphatic heterocycles. The van der Waals surface area contributed by atoms with E-state index in [2.05, 4.69) is 10.1 Å². The van der Waals surface area contributed by atoms with Gasteiger partial charge in [-0.25, -0.2) is 18.7 Å². The first-order chi connectivity index (χ1) is 12.7. The molecule has 128 valence electrons. The Kier molecular flexibility index (Phi) is 3.93. The number of carbonyl (C=O) groups is 1. The summed E-state index contributed by atoms with van der Waals surface area (Å²) in [6, 6.07) is 17.3. The van der Waals surface area contributed by atoms with Gasteiger partial charge in [0.05, 0.1) is 7.11 Å². The van der Waals surface area contributed by atoms with E-state index in [1.165, 1.54) is 19.2 Å². The second-order valence-corrected chi connectivity index (χ2v) is 5.71. The Balaban J connectivity index is 1.92. The Hall–Kier alpha value is -3.54. The summed E-state index contributed by atoms with van der Waals surface area (Å²) < 4.78 is 19.6. The maximum atomic E-state index is 13.2. The minimum atomic E-state index is -0.495. The number of nitrogens with zero attached hydrogens (tertiary/aromatic N) is 3. The first-order valence-corrected chi connectivity index (χ1v) is 7.96. The molecule has 5 nitrogen and oxygen atoms in total. The van der Waals surface area contributed by atoms with Crippen LogP contribution in [0.15, 0.2) is 66.9 Å². The topological polar surface area (TPSA) is 56.5 Å². The molecule has 4 rings (SSSR count). The minimum absolute atomic E-state index is 0.315. The van der Waals surface area contributed by atoms with E-state index in [0.29, 0.717) is 22.6 Å². The zero-order valence-electron chi connectivity index (χ0n) is 13.9. The molecule has 0 bridgehead atoms. The third-order valence-electron chi connectivity index (χ3n) is 4.05. The van der Waals surface area contributed by atoms with Gasteiger partial charge in [-0.05, 0) is 35.9 Å². The molecule has 2 aromatic carbocycles. The molecule has 4 aromatic rings. The van der Waals surface area contributed by atoms with E-state index in [9.17, 15) is 9.18 Å². The Bertz CT molecular complexity index is 1090. The van der Waals surface area contributed by atoms with Crippen molar-refractivity contribution in [2.45, 2.75) is 0 Å². The van der Waals surface area contributed by atoms with Gasteiger partial charge >= 0.3 is 5.97 Å². The number of ether oxygens (including phenoxy) is 1. The highest BCUT2D eigenvalue weighted by atomic mass is 19.1. The molecule has 0 spiro atoms. The molecule has 0 radical (unpaired) electrons. The monoisotopic (exact) mass is 347 g/mol. The average molecular weight is 347 g/mol. The number of fused-ring (bicyclic) bond motifs is 1. The van der Waals surface area contributed by atoms with Crippen molar-refractivity contribution in [3.8, 4) is 22.5 Å². The van der Waals surface area contributed by atoms with Crippen LogP contribution in [0.3, 0.4) is 0 Å². The molecular formula is C20H14FN3O2. The summed E-state index contributed by atoms with van der Waals surface area (Å²) in [6.45, 7) is 0. The van der Waals surface area contributed by atoms with Crippen molar-refractivity contribution in [3.63, 3.8) is 0 Å². The van der Waals surface area contributed by atoms with Crippen LogP contribution in [-0.4, -0.2) is 27.7 Å². The third-order valence-corrected chi connectivity index (χ3v) is 4.05. The number of methoxy groups -OCH3 is 1. The molecular weight excluding hydrogens is 333 g/mol. The predicted molar refractivity (Wildman–Crippen MR) is 95.2 cm³/mol. The Morgan fingerprint density at radius 1 is 1.00 bits per heavy atom. The van der Waals surface area contributed by atoms with Gasteiger partial charge in [0, 0.05) is 17.3 Å². The Morgan fingerprint density at radius 2 is 1.73 bits per heavy atom. The van der Waals surface area contributed by atoms with Crippen LogP contribution in [0.5, 0.6) is 0 Å². The van der Waals surface area contributed by atoms with Crippen LogP contribution in [0.25, 0.3) is 28.2 Å². The van der Waals surface area contributed by atoms with E-state index in [1.54, 1.807) is 28.9 Å². The van der Waals surface area contributed by atoms with Gasteiger partial charge in [0.1, 0.15) is 11.4 Å². The number of aromatic nitrogens is 3. The molecule has 6 heteroatoms. The zero-order valence-corrected chi connectivity index (χ0v) is 13.9. The van der Waals surface area contributed by atoms with E-state index < -0.39 is 5.97 Å². The second kappa shape index (κ2) is 6.40. The second-order valence-electron chi connectivity index (χ2n) is 5.71. The first-order valence-electron chi connectivity index (χ1n) is 7.96. The van der Waals surface area contributed by atoms with E-state index in [1.807, 2.05) is 30.3 Å². The lowest BCUT2D eigenvalue weighted by Gasteiger charge is -2.06. The van der Waals surface area contributed by atoms with Crippen LogP contribution in [0, 0.1) is 5.82 Å². The molecule has 0 amide bonds. The molecule has 0 fully saturated rings. The first kappa shape index (κ1) is 16.0. The molecule has 0 N–H and O–H groups in total. The lowest BCUT2D eigenvalue weighted by atomic mass is 10.1. The molecule has 0 aliphatic carbocycles. The number of pyridine rings is 1. The fourth-order valence-electron chi connectivity index (χ4n) is 2.76. The smallest absolute Gasteiger partial charge is 0.341 e. The van der Waals surface area contributed by atoms with E-state index in [4.69, 9.17) is 4.74 Å². The van der Waals surface area contributed by atoms with Gasteiger partial charge in [-0.2, -0.15) is 0 Å². The van der Waals surface area contributed by atoms with Crippen molar-refractivity contribution in [3.05, 3.63) is 78.2 Å². The summed E-state index contributed by atoms with van der Waals surface area (Å²) in [4.78, 5) is 16.7. The molecule has 0 unspecified atom stereocenters. The number of hydrogen-bond donors (Lipinski definition) is 0. The maximum Gasteiger partial charge on any atom is 0.341 e. The van der Waals surface area contributed by atoms with Crippen molar-refractivity contribution in [1.29, 1.82) is 0 Å². The zero-order chi connectivity index (χ0) is 18.1. The Morgan fingerprint density at radius 3 is 2.42 bits per heavy atom. The molecule has 0 atom stereocenters. The molecule has 0 saturated carbocycles. The van der Waals surface area contributed by atoms with E-state index >= 15 is 0 Å². The van der Waals surface area contributed by atoms with Crippen LogP contribution >= 0.6 is 0 Å². The summed E-state index contributed by atoms with van der Waals surface area (Å²) in [5.41, 5.74) is 3.12. The van der Waals surface area contributed by atoms with Gasteiger partial charge in [-0.15, -0.1) is 5.10 Å². The molecule has 0 aliphatic rings. The summed E-state index contributed by atoms with van der Waals surface area (Å²) >= 11 is 0. The fraction of sp³-hybridized carbons (Fsp3) is 0.0500.